The molecule has 1 N–H and O–H groups in total. The molecule has 0 unspecified atom stereocenters. The molecule has 0 fully saturated rings. The quantitative estimate of drug-likeness (QED) is 0.928. The molecule has 1 aromatic rings. The molecular formula is C15H22N2O3S. The van der Waals surface area contributed by atoms with Gasteiger partial charge in [-0.15, -0.1) is 0 Å². The molecule has 0 atom stereocenters. The third-order valence-corrected chi connectivity index (χ3v) is 4.63. The van der Waals surface area contributed by atoms with Gasteiger partial charge < -0.3 is 10.1 Å². The number of amides is 1. The average molecular weight is 310 g/mol. The molecule has 0 bridgehead atoms. The van der Waals surface area contributed by atoms with E-state index in [0.717, 1.165) is 12.1 Å². The number of anilines is 1. The normalized spacial score (nSPS) is 17.5. The van der Waals surface area contributed by atoms with Crippen molar-refractivity contribution >= 4 is 28.2 Å². The van der Waals surface area contributed by atoms with Crippen LogP contribution in [0, 0.1) is 10.8 Å². The van der Waals surface area contributed by atoms with Gasteiger partial charge in [0.25, 0.3) is 0 Å². The van der Waals surface area contributed by atoms with Crippen LogP contribution in [0.25, 0.3) is 0 Å². The topological polar surface area (TPSA) is 68.3 Å². The van der Waals surface area contributed by atoms with E-state index in [1.54, 1.807) is 7.11 Å². The molecule has 5 nitrogen and oxygen atoms in total. The van der Waals surface area contributed by atoms with E-state index in [4.69, 9.17) is 4.74 Å². The minimum atomic E-state index is -0.635. The molecule has 0 saturated heterocycles. The van der Waals surface area contributed by atoms with Crippen molar-refractivity contribution in [1.82, 2.24) is 4.98 Å². The Hall–Kier alpha value is -1.27. The molecule has 1 aliphatic rings. The summed E-state index contributed by atoms with van der Waals surface area (Å²) in [4.78, 5) is 29.5. The Morgan fingerprint density at radius 1 is 1.43 bits per heavy atom. The second kappa shape index (κ2) is 5.50. The second-order valence-electron chi connectivity index (χ2n) is 7.01. The lowest BCUT2D eigenvalue weighted by Crippen LogP contribution is -2.34. The van der Waals surface area contributed by atoms with Gasteiger partial charge in [-0.3, -0.25) is 9.59 Å². The fraction of sp³-hybridized carbons (Fsp3) is 0.667. The molecule has 1 amide bonds. The highest BCUT2D eigenvalue weighted by Crippen LogP contribution is 2.38. The number of fused-ring (bicyclic) bond motifs is 1. The number of methoxy groups -OCH3 is 1. The van der Waals surface area contributed by atoms with Crippen LogP contribution in [0.1, 0.15) is 49.5 Å². The number of hydrogen-bond acceptors (Lipinski definition) is 5. The highest BCUT2D eigenvalue weighted by Gasteiger charge is 2.35. The maximum absolute atomic E-state index is 12.2. The van der Waals surface area contributed by atoms with Crippen LogP contribution in [-0.4, -0.2) is 30.4 Å². The molecule has 1 aliphatic carbocycles. The minimum Gasteiger partial charge on any atom is -0.384 e. The van der Waals surface area contributed by atoms with E-state index in [1.807, 2.05) is 13.8 Å². The number of rotatable bonds is 4. The number of ketones is 1. The van der Waals surface area contributed by atoms with Crippen molar-refractivity contribution in [1.29, 1.82) is 0 Å². The van der Waals surface area contributed by atoms with Crippen LogP contribution < -0.4 is 5.32 Å². The Balaban J connectivity index is 2.18. The van der Waals surface area contributed by atoms with Crippen LogP contribution in [0.3, 0.4) is 0 Å². The van der Waals surface area contributed by atoms with E-state index < -0.39 is 5.41 Å². The highest BCUT2D eigenvalue weighted by atomic mass is 32.1. The molecule has 0 radical (unpaired) electrons. The van der Waals surface area contributed by atoms with E-state index in [9.17, 15) is 9.59 Å². The summed E-state index contributed by atoms with van der Waals surface area (Å²) in [6, 6.07) is 0. The Kier molecular flexibility index (Phi) is 4.22. The summed E-state index contributed by atoms with van der Waals surface area (Å²) in [6.45, 7) is 8.08. The predicted molar refractivity (Wildman–Crippen MR) is 82.8 cm³/mol. The van der Waals surface area contributed by atoms with Crippen molar-refractivity contribution in [2.45, 2.75) is 40.5 Å². The molecule has 0 saturated carbocycles. The lowest BCUT2D eigenvalue weighted by atomic mass is 9.78. The van der Waals surface area contributed by atoms with Gasteiger partial charge >= 0.3 is 0 Å². The standard InChI is InChI=1S/C15H22N2O3S/c1-14(2)6-9-11(10(18)7-14)21-13(16-9)17-12(19)15(3,4)8-20-5/h6-8H2,1-5H3,(H,16,17,19). The van der Waals surface area contributed by atoms with Crippen molar-refractivity contribution in [3.05, 3.63) is 10.6 Å². The predicted octanol–water partition coefficient (Wildman–Crippen LogP) is 2.91. The van der Waals surface area contributed by atoms with Crippen molar-refractivity contribution in [2.75, 3.05) is 19.0 Å². The SMILES string of the molecule is COCC(C)(C)C(=O)Nc1nc2c(s1)C(=O)CC(C)(C)C2. The Morgan fingerprint density at radius 2 is 2.10 bits per heavy atom. The minimum absolute atomic E-state index is 0.0608. The highest BCUT2D eigenvalue weighted by molar-refractivity contribution is 7.17. The number of carbonyl (C=O) groups excluding carboxylic acids is 2. The van der Waals surface area contributed by atoms with Crippen LogP contribution in [0.4, 0.5) is 5.13 Å². The summed E-state index contributed by atoms with van der Waals surface area (Å²) in [7, 11) is 1.57. The van der Waals surface area contributed by atoms with Crippen LogP contribution in [0.15, 0.2) is 0 Å². The zero-order chi connectivity index (χ0) is 15.8. The molecule has 0 spiro atoms. The first kappa shape index (κ1) is 16.1. The third-order valence-electron chi connectivity index (χ3n) is 3.58. The van der Waals surface area contributed by atoms with Crippen molar-refractivity contribution in [2.24, 2.45) is 10.8 Å². The molecule has 1 aromatic heterocycles. The number of aromatic nitrogens is 1. The number of nitrogens with one attached hydrogen (secondary N) is 1. The lowest BCUT2D eigenvalue weighted by molar-refractivity contribution is -0.126. The molecule has 0 aromatic carbocycles. The molecule has 1 heterocycles. The van der Waals surface area contributed by atoms with Crippen LogP contribution >= 0.6 is 11.3 Å². The first-order valence-electron chi connectivity index (χ1n) is 6.98. The van der Waals surface area contributed by atoms with Gasteiger partial charge in [-0.05, 0) is 25.7 Å². The second-order valence-corrected chi connectivity index (χ2v) is 8.01. The van der Waals surface area contributed by atoms with Crippen LogP contribution in [-0.2, 0) is 16.0 Å². The molecule has 116 valence electrons. The van der Waals surface area contributed by atoms with Gasteiger partial charge in [-0.2, -0.15) is 0 Å². The van der Waals surface area contributed by atoms with Crippen molar-refractivity contribution in [3.63, 3.8) is 0 Å². The van der Waals surface area contributed by atoms with Gasteiger partial charge in [0.05, 0.1) is 22.6 Å². The van der Waals surface area contributed by atoms with Gasteiger partial charge in [-0.1, -0.05) is 25.2 Å². The fourth-order valence-corrected chi connectivity index (χ4v) is 3.38. The van der Waals surface area contributed by atoms with Crippen molar-refractivity contribution in [3.8, 4) is 0 Å². The lowest BCUT2D eigenvalue weighted by Gasteiger charge is -2.26. The molecule has 6 heteroatoms. The zero-order valence-corrected chi connectivity index (χ0v) is 14.0. The summed E-state index contributed by atoms with van der Waals surface area (Å²) in [5.41, 5.74) is 0.111. The largest absolute Gasteiger partial charge is 0.384 e. The Morgan fingerprint density at radius 3 is 2.71 bits per heavy atom. The Labute approximate surface area is 129 Å². The maximum Gasteiger partial charge on any atom is 0.234 e. The first-order valence-corrected chi connectivity index (χ1v) is 7.79. The summed E-state index contributed by atoms with van der Waals surface area (Å²) in [6.07, 6.45) is 1.30. The smallest absolute Gasteiger partial charge is 0.234 e. The number of hydrogen-bond donors (Lipinski definition) is 1. The van der Waals surface area contributed by atoms with E-state index in [0.29, 0.717) is 23.0 Å². The molecular weight excluding hydrogens is 288 g/mol. The summed E-state index contributed by atoms with van der Waals surface area (Å²) in [5, 5.41) is 3.31. The van der Waals surface area contributed by atoms with E-state index >= 15 is 0 Å². The van der Waals surface area contributed by atoms with Gasteiger partial charge in [0.1, 0.15) is 0 Å². The van der Waals surface area contributed by atoms with Gasteiger partial charge in [0, 0.05) is 13.5 Å². The average Bonchev–Trinajstić information content (AvgIpc) is 2.69. The summed E-state index contributed by atoms with van der Waals surface area (Å²) in [5.74, 6) is -0.0300. The number of carbonyl (C=O) groups is 2. The maximum atomic E-state index is 12.2. The van der Waals surface area contributed by atoms with Crippen LogP contribution in [0.2, 0.25) is 0 Å². The summed E-state index contributed by atoms with van der Waals surface area (Å²) < 4.78 is 5.06. The van der Waals surface area contributed by atoms with Gasteiger partial charge in [-0.25, -0.2) is 4.98 Å². The van der Waals surface area contributed by atoms with E-state index in [2.05, 4.69) is 24.1 Å². The number of Topliss-reactive ketones (excluding diaryl/α,β-unsaturated/α-hetero) is 1. The first-order chi connectivity index (χ1) is 9.64. The van der Waals surface area contributed by atoms with Crippen molar-refractivity contribution < 1.29 is 14.3 Å². The summed E-state index contributed by atoms with van der Waals surface area (Å²) >= 11 is 1.27. The number of nitrogens with zero attached hydrogens (tertiary/aromatic N) is 1. The molecule has 21 heavy (non-hydrogen) atoms. The zero-order valence-electron chi connectivity index (χ0n) is 13.2. The number of thiazole rings is 1. The molecule has 0 aliphatic heterocycles. The van der Waals surface area contributed by atoms with Crippen LogP contribution in [0.5, 0.6) is 0 Å². The number of ether oxygens (including phenoxy) is 1. The van der Waals surface area contributed by atoms with Gasteiger partial charge in [0.15, 0.2) is 10.9 Å². The monoisotopic (exact) mass is 310 g/mol. The van der Waals surface area contributed by atoms with E-state index in [1.165, 1.54) is 11.3 Å². The third kappa shape index (κ3) is 3.49. The Bertz CT molecular complexity index is 575. The van der Waals surface area contributed by atoms with E-state index in [-0.39, 0.29) is 17.1 Å². The molecule has 2 rings (SSSR count). The fourth-order valence-electron chi connectivity index (χ4n) is 2.47. The van der Waals surface area contributed by atoms with Gasteiger partial charge in [0.2, 0.25) is 5.91 Å².